The summed E-state index contributed by atoms with van der Waals surface area (Å²) < 4.78 is 5.83. The summed E-state index contributed by atoms with van der Waals surface area (Å²) in [6, 6.07) is 14.7. The van der Waals surface area contributed by atoms with E-state index >= 15 is 0 Å². The highest BCUT2D eigenvalue weighted by Gasteiger charge is 2.19. The fourth-order valence-electron chi connectivity index (χ4n) is 2.04. The Kier molecular flexibility index (Phi) is 3.95. The molecular formula is C17H18ClNO. The van der Waals surface area contributed by atoms with Gasteiger partial charge in [0.25, 0.3) is 0 Å². The number of nitrogens with one attached hydrogen (secondary N) is 1. The van der Waals surface area contributed by atoms with Crippen molar-refractivity contribution in [1.29, 1.82) is 0 Å². The van der Waals surface area contributed by atoms with Crippen molar-refractivity contribution in [1.82, 2.24) is 5.32 Å². The molecule has 0 spiro atoms. The number of hydrogen-bond acceptors (Lipinski definition) is 2. The van der Waals surface area contributed by atoms with Gasteiger partial charge in [0.15, 0.2) is 0 Å². The molecule has 0 amide bonds. The summed E-state index contributed by atoms with van der Waals surface area (Å²) >= 11 is 6.01. The van der Waals surface area contributed by atoms with Crippen molar-refractivity contribution < 1.29 is 4.74 Å². The van der Waals surface area contributed by atoms with E-state index in [1.807, 2.05) is 37.3 Å². The lowest BCUT2D eigenvalue weighted by Crippen LogP contribution is -2.14. The van der Waals surface area contributed by atoms with Crippen molar-refractivity contribution in [2.24, 2.45) is 0 Å². The van der Waals surface area contributed by atoms with E-state index in [2.05, 4.69) is 17.4 Å². The third kappa shape index (κ3) is 3.53. The van der Waals surface area contributed by atoms with E-state index in [1.165, 1.54) is 18.4 Å². The molecule has 0 aliphatic heterocycles. The normalized spacial score (nSPS) is 14.3. The molecule has 0 unspecified atom stereocenters. The third-order valence-corrected chi connectivity index (χ3v) is 3.88. The summed E-state index contributed by atoms with van der Waals surface area (Å²) in [5.41, 5.74) is 2.31. The van der Waals surface area contributed by atoms with Gasteiger partial charge >= 0.3 is 0 Å². The van der Waals surface area contributed by atoms with Gasteiger partial charge in [-0.3, -0.25) is 0 Å². The van der Waals surface area contributed by atoms with Crippen molar-refractivity contribution >= 4 is 11.6 Å². The molecule has 1 fully saturated rings. The maximum absolute atomic E-state index is 6.01. The summed E-state index contributed by atoms with van der Waals surface area (Å²) in [6.07, 6.45) is 2.63. The van der Waals surface area contributed by atoms with Crippen LogP contribution in [0, 0.1) is 6.92 Å². The molecule has 1 aliphatic carbocycles. The van der Waals surface area contributed by atoms with Gasteiger partial charge in [-0.1, -0.05) is 23.7 Å². The zero-order chi connectivity index (χ0) is 13.9. The topological polar surface area (TPSA) is 21.3 Å². The Hall–Kier alpha value is -1.51. The zero-order valence-corrected chi connectivity index (χ0v) is 12.3. The lowest BCUT2D eigenvalue weighted by molar-refractivity contribution is 0.482. The van der Waals surface area contributed by atoms with E-state index in [-0.39, 0.29) is 0 Å². The minimum atomic E-state index is 0.739. The Balaban J connectivity index is 1.62. The lowest BCUT2D eigenvalue weighted by atomic mass is 10.2. The smallest absolute Gasteiger partial charge is 0.127 e. The predicted molar refractivity (Wildman–Crippen MR) is 82.6 cm³/mol. The minimum Gasteiger partial charge on any atom is -0.457 e. The molecule has 1 N–H and O–H groups in total. The second kappa shape index (κ2) is 5.86. The fourth-order valence-corrected chi connectivity index (χ4v) is 2.16. The van der Waals surface area contributed by atoms with E-state index < -0.39 is 0 Å². The van der Waals surface area contributed by atoms with E-state index in [0.717, 1.165) is 34.7 Å². The molecule has 0 aromatic heterocycles. The first-order valence-electron chi connectivity index (χ1n) is 6.97. The van der Waals surface area contributed by atoms with Crippen LogP contribution in [0.5, 0.6) is 11.5 Å². The van der Waals surface area contributed by atoms with Crippen molar-refractivity contribution in [3.63, 3.8) is 0 Å². The first kappa shape index (κ1) is 13.5. The number of ether oxygens (including phenoxy) is 1. The maximum Gasteiger partial charge on any atom is 0.127 e. The monoisotopic (exact) mass is 287 g/mol. The van der Waals surface area contributed by atoms with E-state index in [4.69, 9.17) is 16.3 Å². The predicted octanol–water partition coefficient (Wildman–Crippen LogP) is 4.69. The van der Waals surface area contributed by atoms with Gasteiger partial charge in [0.2, 0.25) is 0 Å². The quantitative estimate of drug-likeness (QED) is 0.861. The molecule has 0 atom stereocenters. The molecule has 2 aromatic carbocycles. The first-order chi connectivity index (χ1) is 9.70. The van der Waals surface area contributed by atoms with Crippen molar-refractivity contribution in [2.75, 3.05) is 0 Å². The van der Waals surface area contributed by atoms with Gasteiger partial charge in [0.05, 0.1) is 0 Å². The SMILES string of the molecule is Cc1cc(Oc2ccc(CNC3CC3)cc2)ccc1Cl. The summed E-state index contributed by atoms with van der Waals surface area (Å²) in [5.74, 6) is 1.66. The number of hydrogen-bond donors (Lipinski definition) is 1. The van der Waals surface area contributed by atoms with Crippen LogP contribution in [0.4, 0.5) is 0 Å². The van der Waals surface area contributed by atoms with Gasteiger partial charge < -0.3 is 10.1 Å². The standard InChI is InChI=1S/C17H18ClNO/c1-12-10-16(8-9-17(12)18)20-15-6-2-13(3-7-15)11-19-14-4-5-14/h2-3,6-10,14,19H,4-5,11H2,1H3. The average molecular weight is 288 g/mol. The van der Waals surface area contributed by atoms with Gasteiger partial charge in [-0.15, -0.1) is 0 Å². The molecule has 3 rings (SSSR count). The highest BCUT2D eigenvalue weighted by Crippen LogP contribution is 2.26. The van der Waals surface area contributed by atoms with E-state index in [9.17, 15) is 0 Å². The minimum absolute atomic E-state index is 0.739. The maximum atomic E-state index is 6.01. The number of benzene rings is 2. The molecule has 2 nitrogen and oxygen atoms in total. The van der Waals surface area contributed by atoms with Crippen LogP contribution in [0.15, 0.2) is 42.5 Å². The van der Waals surface area contributed by atoms with Gasteiger partial charge in [-0.05, 0) is 61.2 Å². The molecule has 0 bridgehead atoms. The Labute approximate surface area is 124 Å². The van der Waals surface area contributed by atoms with Crippen LogP contribution in [-0.4, -0.2) is 6.04 Å². The molecule has 0 heterocycles. The van der Waals surface area contributed by atoms with Crippen LogP contribution in [0.2, 0.25) is 5.02 Å². The number of rotatable bonds is 5. The van der Waals surface area contributed by atoms with Gasteiger partial charge in [-0.25, -0.2) is 0 Å². The van der Waals surface area contributed by atoms with Crippen molar-refractivity contribution in [3.8, 4) is 11.5 Å². The van der Waals surface area contributed by atoms with Crippen molar-refractivity contribution in [3.05, 3.63) is 58.6 Å². The van der Waals surface area contributed by atoms with Crippen LogP contribution in [-0.2, 0) is 6.54 Å². The summed E-state index contributed by atoms with van der Waals surface area (Å²) in [4.78, 5) is 0. The van der Waals surface area contributed by atoms with Crippen LogP contribution in [0.3, 0.4) is 0 Å². The van der Waals surface area contributed by atoms with Crippen LogP contribution in [0.1, 0.15) is 24.0 Å². The Bertz CT molecular complexity index is 590. The Morgan fingerprint density at radius 3 is 2.45 bits per heavy atom. The lowest BCUT2D eigenvalue weighted by Gasteiger charge is -2.08. The van der Waals surface area contributed by atoms with Crippen LogP contribution in [0.25, 0.3) is 0 Å². The Morgan fingerprint density at radius 2 is 1.80 bits per heavy atom. The summed E-state index contributed by atoms with van der Waals surface area (Å²) in [6.45, 7) is 2.91. The molecule has 1 aliphatic rings. The molecule has 2 aromatic rings. The molecule has 0 radical (unpaired) electrons. The molecule has 104 valence electrons. The molecular weight excluding hydrogens is 270 g/mol. The number of halogens is 1. The molecule has 1 saturated carbocycles. The summed E-state index contributed by atoms with van der Waals surface area (Å²) in [5, 5.41) is 4.26. The Morgan fingerprint density at radius 1 is 1.10 bits per heavy atom. The van der Waals surface area contributed by atoms with Crippen LogP contribution >= 0.6 is 11.6 Å². The summed E-state index contributed by atoms with van der Waals surface area (Å²) in [7, 11) is 0. The molecule has 20 heavy (non-hydrogen) atoms. The second-order valence-corrected chi connectivity index (χ2v) is 5.72. The number of aryl methyl sites for hydroxylation is 1. The largest absolute Gasteiger partial charge is 0.457 e. The first-order valence-corrected chi connectivity index (χ1v) is 7.35. The van der Waals surface area contributed by atoms with E-state index in [0.29, 0.717) is 0 Å². The van der Waals surface area contributed by atoms with Crippen LogP contribution < -0.4 is 10.1 Å². The fraction of sp³-hybridized carbons (Fsp3) is 0.294. The van der Waals surface area contributed by atoms with E-state index in [1.54, 1.807) is 0 Å². The zero-order valence-electron chi connectivity index (χ0n) is 11.5. The average Bonchev–Trinajstić information content (AvgIpc) is 3.26. The van der Waals surface area contributed by atoms with Gasteiger partial charge in [0.1, 0.15) is 11.5 Å². The van der Waals surface area contributed by atoms with Gasteiger partial charge in [-0.2, -0.15) is 0 Å². The van der Waals surface area contributed by atoms with Gasteiger partial charge in [0, 0.05) is 17.6 Å². The van der Waals surface area contributed by atoms with Crippen molar-refractivity contribution in [2.45, 2.75) is 32.4 Å². The highest BCUT2D eigenvalue weighted by molar-refractivity contribution is 6.31. The molecule has 0 saturated heterocycles. The third-order valence-electron chi connectivity index (χ3n) is 3.46. The highest BCUT2D eigenvalue weighted by atomic mass is 35.5. The molecule has 3 heteroatoms. The second-order valence-electron chi connectivity index (χ2n) is 5.31.